The maximum absolute atomic E-state index is 12.1. The summed E-state index contributed by atoms with van der Waals surface area (Å²) in [6.45, 7) is 0. The van der Waals surface area contributed by atoms with Gasteiger partial charge in [0.15, 0.2) is 0 Å². The van der Waals surface area contributed by atoms with Gasteiger partial charge in [-0.15, -0.1) is 0 Å². The van der Waals surface area contributed by atoms with Crippen molar-refractivity contribution in [1.82, 2.24) is 4.98 Å². The number of anilines is 2. The van der Waals surface area contributed by atoms with Gasteiger partial charge in [0, 0.05) is 11.7 Å². The van der Waals surface area contributed by atoms with Crippen LogP contribution in [0.15, 0.2) is 42.5 Å². The van der Waals surface area contributed by atoms with Crippen molar-refractivity contribution in [2.75, 3.05) is 10.6 Å². The fraction of sp³-hybridized carbons (Fsp3) is 0.200. The van der Waals surface area contributed by atoms with E-state index in [1.165, 1.54) is 12.1 Å². The number of pyridine rings is 1. The predicted octanol–water partition coefficient (Wildman–Crippen LogP) is 2.61. The Kier molecular flexibility index (Phi) is 3.25. The van der Waals surface area contributed by atoms with Crippen molar-refractivity contribution in [3.63, 3.8) is 0 Å². The molecule has 1 aromatic heterocycles. The molecule has 5 heteroatoms. The summed E-state index contributed by atoms with van der Waals surface area (Å²) in [7, 11) is 0. The molecule has 0 atom stereocenters. The summed E-state index contributed by atoms with van der Waals surface area (Å²) in [4.78, 5) is 16.4. The molecule has 1 aliphatic carbocycles. The zero-order valence-corrected chi connectivity index (χ0v) is 10.8. The number of phenols is 1. The Labute approximate surface area is 116 Å². The number of hydrogen-bond donors (Lipinski definition) is 3. The van der Waals surface area contributed by atoms with Gasteiger partial charge in [0.2, 0.25) is 0 Å². The standard InChI is InChI=1S/C15H15N3O2/c19-12-8-6-11(7-9-12)17-15(20)13-2-1-3-14(18-13)16-10-4-5-10/h1-3,6-10,19H,4-5H2,(H,16,18)(H,17,20). The van der Waals surface area contributed by atoms with Gasteiger partial charge in [-0.25, -0.2) is 4.98 Å². The van der Waals surface area contributed by atoms with Crippen LogP contribution in [0.25, 0.3) is 0 Å². The SMILES string of the molecule is O=C(Nc1ccc(O)cc1)c1cccc(NC2CC2)n1. The van der Waals surface area contributed by atoms with E-state index in [0.717, 1.165) is 18.7 Å². The Bertz CT molecular complexity index is 621. The van der Waals surface area contributed by atoms with Gasteiger partial charge < -0.3 is 15.7 Å². The molecule has 3 N–H and O–H groups in total. The third-order valence-corrected chi connectivity index (χ3v) is 3.04. The van der Waals surface area contributed by atoms with Crippen molar-refractivity contribution in [2.24, 2.45) is 0 Å². The fourth-order valence-electron chi connectivity index (χ4n) is 1.82. The number of amides is 1. The van der Waals surface area contributed by atoms with Crippen LogP contribution in [0.2, 0.25) is 0 Å². The molecule has 3 rings (SSSR count). The smallest absolute Gasteiger partial charge is 0.274 e. The van der Waals surface area contributed by atoms with E-state index in [0.29, 0.717) is 17.4 Å². The second kappa shape index (κ2) is 5.21. The van der Waals surface area contributed by atoms with Gasteiger partial charge in [-0.2, -0.15) is 0 Å². The average molecular weight is 269 g/mol. The number of aromatic hydroxyl groups is 1. The monoisotopic (exact) mass is 269 g/mol. The number of benzene rings is 1. The molecule has 1 saturated carbocycles. The lowest BCUT2D eigenvalue weighted by atomic mass is 10.2. The van der Waals surface area contributed by atoms with Gasteiger partial charge in [0.05, 0.1) is 0 Å². The fourth-order valence-corrected chi connectivity index (χ4v) is 1.82. The topological polar surface area (TPSA) is 74.2 Å². The highest BCUT2D eigenvalue weighted by atomic mass is 16.3. The van der Waals surface area contributed by atoms with Crippen molar-refractivity contribution >= 4 is 17.4 Å². The third-order valence-electron chi connectivity index (χ3n) is 3.04. The first-order valence-electron chi connectivity index (χ1n) is 6.55. The minimum Gasteiger partial charge on any atom is -0.508 e. The van der Waals surface area contributed by atoms with Gasteiger partial charge in [-0.3, -0.25) is 4.79 Å². The largest absolute Gasteiger partial charge is 0.508 e. The summed E-state index contributed by atoms with van der Waals surface area (Å²) in [5.74, 6) is 0.623. The van der Waals surface area contributed by atoms with Gasteiger partial charge in [0.1, 0.15) is 17.3 Å². The maximum Gasteiger partial charge on any atom is 0.274 e. The van der Waals surface area contributed by atoms with Crippen LogP contribution in [0.5, 0.6) is 5.75 Å². The highest BCUT2D eigenvalue weighted by Crippen LogP contribution is 2.23. The summed E-state index contributed by atoms with van der Waals surface area (Å²) >= 11 is 0. The minimum absolute atomic E-state index is 0.164. The molecule has 20 heavy (non-hydrogen) atoms. The molecular weight excluding hydrogens is 254 g/mol. The van der Waals surface area contributed by atoms with Crippen LogP contribution >= 0.6 is 0 Å². The van der Waals surface area contributed by atoms with Crippen molar-refractivity contribution in [3.05, 3.63) is 48.2 Å². The van der Waals surface area contributed by atoms with Crippen molar-refractivity contribution in [1.29, 1.82) is 0 Å². The Morgan fingerprint density at radius 1 is 1.15 bits per heavy atom. The second-order valence-electron chi connectivity index (χ2n) is 4.83. The Hall–Kier alpha value is -2.56. The van der Waals surface area contributed by atoms with Crippen LogP contribution in [0.4, 0.5) is 11.5 Å². The first-order chi connectivity index (χ1) is 9.70. The first kappa shape index (κ1) is 12.5. The Balaban J connectivity index is 1.71. The highest BCUT2D eigenvalue weighted by molar-refractivity contribution is 6.03. The molecule has 1 aliphatic rings. The molecule has 1 fully saturated rings. The molecule has 1 heterocycles. The lowest BCUT2D eigenvalue weighted by molar-refractivity contribution is 0.102. The average Bonchev–Trinajstić information content (AvgIpc) is 3.25. The van der Waals surface area contributed by atoms with E-state index in [9.17, 15) is 9.90 Å². The van der Waals surface area contributed by atoms with E-state index in [-0.39, 0.29) is 11.7 Å². The van der Waals surface area contributed by atoms with Crippen LogP contribution in [-0.4, -0.2) is 22.0 Å². The molecule has 0 aliphatic heterocycles. The number of aromatic nitrogens is 1. The molecule has 0 unspecified atom stereocenters. The van der Waals surface area contributed by atoms with Crippen LogP contribution in [0.1, 0.15) is 23.3 Å². The highest BCUT2D eigenvalue weighted by Gasteiger charge is 2.21. The van der Waals surface area contributed by atoms with Crippen molar-refractivity contribution < 1.29 is 9.90 Å². The zero-order valence-electron chi connectivity index (χ0n) is 10.8. The van der Waals surface area contributed by atoms with Gasteiger partial charge >= 0.3 is 0 Å². The molecule has 1 amide bonds. The number of carbonyl (C=O) groups excluding carboxylic acids is 1. The van der Waals surface area contributed by atoms with Crippen molar-refractivity contribution in [2.45, 2.75) is 18.9 Å². The maximum atomic E-state index is 12.1. The Morgan fingerprint density at radius 2 is 1.90 bits per heavy atom. The first-order valence-corrected chi connectivity index (χ1v) is 6.55. The van der Waals surface area contributed by atoms with Gasteiger partial charge in [-0.05, 0) is 49.2 Å². The summed E-state index contributed by atoms with van der Waals surface area (Å²) in [5.41, 5.74) is 0.985. The summed E-state index contributed by atoms with van der Waals surface area (Å²) in [6, 6.07) is 12.2. The van der Waals surface area contributed by atoms with Crippen LogP contribution < -0.4 is 10.6 Å². The number of carbonyl (C=O) groups is 1. The predicted molar refractivity (Wildman–Crippen MR) is 76.9 cm³/mol. The van der Waals surface area contributed by atoms with Gasteiger partial charge in [-0.1, -0.05) is 6.07 Å². The molecule has 102 valence electrons. The van der Waals surface area contributed by atoms with Crippen LogP contribution in [0.3, 0.4) is 0 Å². The van der Waals surface area contributed by atoms with E-state index < -0.39 is 0 Å². The van der Waals surface area contributed by atoms with Crippen molar-refractivity contribution in [3.8, 4) is 5.75 Å². The molecule has 0 radical (unpaired) electrons. The quantitative estimate of drug-likeness (QED) is 0.746. The molecular formula is C15H15N3O2. The van der Waals surface area contributed by atoms with E-state index in [1.807, 2.05) is 12.1 Å². The van der Waals surface area contributed by atoms with Gasteiger partial charge in [0.25, 0.3) is 5.91 Å². The van der Waals surface area contributed by atoms with Crippen LogP contribution in [0, 0.1) is 0 Å². The van der Waals surface area contributed by atoms with E-state index >= 15 is 0 Å². The lowest BCUT2D eigenvalue weighted by Gasteiger charge is -2.07. The number of phenolic OH excluding ortho intramolecular Hbond substituents is 1. The van der Waals surface area contributed by atoms with Crippen LogP contribution in [-0.2, 0) is 0 Å². The molecule has 0 bridgehead atoms. The number of rotatable bonds is 4. The molecule has 0 saturated heterocycles. The summed E-state index contributed by atoms with van der Waals surface area (Å²) in [5, 5.41) is 15.2. The summed E-state index contributed by atoms with van der Waals surface area (Å²) in [6.07, 6.45) is 2.32. The molecule has 2 aromatic rings. The number of nitrogens with zero attached hydrogens (tertiary/aromatic N) is 1. The van der Waals surface area contributed by atoms with E-state index in [1.54, 1.807) is 18.2 Å². The van der Waals surface area contributed by atoms with E-state index in [4.69, 9.17) is 0 Å². The lowest BCUT2D eigenvalue weighted by Crippen LogP contribution is -2.14. The number of hydrogen-bond acceptors (Lipinski definition) is 4. The molecule has 1 aromatic carbocycles. The molecule has 0 spiro atoms. The van der Waals surface area contributed by atoms with E-state index in [2.05, 4.69) is 15.6 Å². The Morgan fingerprint density at radius 3 is 2.60 bits per heavy atom. The zero-order chi connectivity index (χ0) is 13.9. The normalized spacial score (nSPS) is 13.8. The number of nitrogens with one attached hydrogen (secondary N) is 2. The summed E-state index contributed by atoms with van der Waals surface area (Å²) < 4.78 is 0. The minimum atomic E-state index is -0.268. The third kappa shape index (κ3) is 3.06. The molecule has 5 nitrogen and oxygen atoms in total. The second-order valence-corrected chi connectivity index (χ2v) is 4.83.